The highest BCUT2D eigenvalue weighted by atomic mass is 15.2. The Morgan fingerprint density at radius 3 is 0.987 bits per heavy atom. The molecule has 1 aromatic heterocycles. The van der Waals surface area contributed by atoms with E-state index in [0.717, 1.165) is 89.5 Å². The Labute approximate surface area is 444 Å². The molecule has 2 aliphatic heterocycles. The van der Waals surface area contributed by atoms with E-state index in [-0.39, 0.29) is 10.8 Å². The first-order chi connectivity index (χ1) is 37.2. The number of anilines is 12. The van der Waals surface area contributed by atoms with Gasteiger partial charge in [-0.3, -0.25) is 9.97 Å². The quantitative estimate of drug-likeness (QED) is 0.141. The minimum atomic E-state index is -0.293. The molecular formula is C70H54N6. The van der Waals surface area contributed by atoms with Crippen LogP contribution in [0.2, 0.25) is 0 Å². The van der Waals surface area contributed by atoms with Crippen LogP contribution in [-0.4, -0.2) is 9.97 Å². The molecule has 0 spiro atoms. The fourth-order valence-corrected chi connectivity index (χ4v) is 12.4. The lowest BCUT2D eigenvalue weighted by Crippen LogP contribution is -2.31. The van der Waals surface area contributed by atoms with Gasteiger partial charge in [0.15, 0.2) is 0 Å². The number of para-hydroxylation sites is 6. The molecule has 0 bridgehead atoms. The molecule has 0 N–H and O–H groups in total. The summed E-state index contributed by atoms with van der Waals surface area (Å²) in [5.74, 6) is 0. The van der Waals surface area contributed by atoms with E-state index >= 15 is 0 Å². The topological polar surface area (TPSA) is 38.7 Å². The van der Waals surface area contributed by atoms with Gasteiger partial charge >= 0.3 is 0 Å². The second-order valence-electron chi connectivity index (χ2n) is 21.1. The van der Waals surface area contributed by atoms with Crippen molar-refractivity contribution in [3.8, 4) is 0 Å². The van der Waals surface area contributed by atoms with Crippen molar-refractivity contribution in [3.63, 3.8) is 0 Å². The minimum absolute atomic E-state index is 0.293. The molecule has 0 saturated carbocycles. The molecule has 2 aliphatic rings. The molecule has 6 nitrogen and oxygen atoms in total. The molecule has 364 valence electrons. The highest BCUT2D eigenvalue weighted by molar-refractivity contribution is 6.24. The molecule has 0 unspecified atom stereocenters. The molecule has 76 heavy (non-hydrogen) atoms. The van der Waals surface area contributed by atoms with Crippen molar-refractivity contribution in [2.75, 3.05) is 19.6 Å². The molecule has 6 heteroatoms. The average molecular weight is 979 g/mol. The molecule has 3 heterocycles. The van der Waals surface area contributed by atoms with Crippen LogP contribution in [0.3, 0.4) is 0 Å². The largest absolute Gasteiger partial charge is 0.310 e. The van der Waals surface area contributed by atoms with Gasteiger partial charge in [-0.1, -0.05) is 149 Å². The summed E-state index contributed by atoms with van der Waals surface area (Å²) in [6, 6.07) is 88.2. The molecule has 0 atom stereocenters. The lowest BCUT2D eigenvalue weighted by Gasteiger charge is -2.43. The monoisotopic (exact) mass is 978 g/mol. The zero-order chi connectivity index (χ0) is 51.1. The number of hydrogen-bond acceptors (Lipinski definition) is 6. The van der Waals surface area contributed by atoms with Crippen LogP contribution in [-0.2, 0) is 10.8 Å². The minimum Gasteiger partial charge on any atom is -0.310 e. The first-order valence-corrected chi connectivity index (χ1v) is 26.2. The first kappa shape index (κ1) is 45.1. The Morgan fingerprint density at radius 2 is 0.618 bits per heavy atom. The van der Waals surface area contributed by atoms with Gasteiger partial charge in [-0.25, -0.2) is 0 Å². The highest BCUT2D eigenvalue weighted by Gasteiger charge is 2.39. The summed E-state index contributed by atoms with van der Waals surface area (Å²) in [6.07, 6.45) is 3.66. The van der Waals surface area contributed by atoms with Gasteiger partial charge in [-0.05, 0) is 154 Å². The van der Waals surface area contributed by atoms with Gasteiger partial charge in [0.25, 0.3) is 0 Å². The van der Waals surface area contributed by atoms with E-state index in [4.69, 9.17) is 9.97 Å². The predicted molar refractivity (Wildman–Crippen MR) is 318 cm³/mol. The van der Waals surface area contributed by atoms with Crippen molar-refractivity contribution >= 4 is 101 Å². The van der Waals surface area contributed by atoms with Crippen LogP contribution in [0.4, 0.5) is 68.2 Å². The molecule has 0 fully saturated rings. The van der Waals surface area contributed by atoms with Gasteiger partial charge in [0, 0.05) is 79.5 Å². The van der Waals surface area contributed by atoms with Crippen LogP contribution < -0.4 is 19.6 Å². The van der Waals surface area contributed by atoms with Gasteiger partial charge in [-0.2, -0.15) is 0 Å². The Balaban J connectivity index is 0.914. The summed E-state index contributed by atoms with van der Waals surface area (Å²) in [5.41, 5.74) is 19.6. The van der Waals surface area contributed by atoms with E-state index in [1.54, 1.807) is 0 Å². The first-order valence-electron chi connectivity index (χ1n) is 26.2. The summed E-state index contributed by atoms with van der Waals surface area (Å²) in [7, 11) is 0. The molecule has 0 radical (unpaired) electrons. The van der Waals surface area contributed by atoms with Crippen molar-refractivity contribution in [1.29, 1.82) is 0 Å². The lowest BCUT2D eigenvalue weighted by atomic mass is 9.73. The SMILES string of the molecule is CC1(C)c2ccccc2N(c2ccc3c4ccc(N5c6ccccc6C(C)(C)c6cc(N(c7ccccc7)c7ccccc7)ccc65)cc4c4nccnc4c3c2)c2ccc(N(c3ccccc3)c3ccccc3)cc21. The van der Waals surface area contributed by atoms with E-state index in [1.165, 1.54) is 33.6 Å². The number of rotatable bonds is 8. The second kappa shape index (κ2) is 17.6. The van der Waals surface area contributed by atoms with Gasteiger partial charge in [0.05, 0.1) is 33.8 Å². The average Bonchev–Trinajstić information content (AvgIpc) is 3.50. The van der Waals surface area contributed by atoms with E-state index in [0.29, 0.717) is 0 Å². The smallest absolute Gasteiger partial charge is 0.0972 e. The molecule has 14 rings (SSSR count). The Bertz CT molecular complexity index is 3820. The number of fused-ring (bicyclic) bond motifs is 10. The summed E-state index contributed by atoms with van der Waals surface area (Å²) in [4.78, 5) is 19.9. The highest BCUT2D eigenvalue weighted by Crippen LogP contribution is 2.56. The third-order valence-corrected chi connectivity index (χ3v) is 16.0. The molecule has 0 amide bonds. The van der Waals surface area contributed by atoms with Crippen molar-refractivity contribution < 1.29 is 0 Å². The summed E-state index contributed by atoms with van der Waals surface area (Å²) < 4.78 is 0. The zero-order valence-electron chi connectivity index (χ0n) is 42.9. The molecular weight excluding hydrogens is 925 g/mol. The molecule has 11 aromatic carbocycles. The Kier molecular flexibility index (Phi) is 10.4. The van der Waals surface area contributed by atoms with Gasteiger partial charge in [0.1, 0.15) is 0 Å². The van der Waals surface area contributed by atoms with Crippen LogP contribution in [0.5, 0.6) is 0 Å². The normalized spacial score (nSPS) is 13.9. The lowest BCUT2D eigenvalue weighted by molar-refractivity contribution is 0.632. The maximum absolute atomic E-state index is 5.15. The molecule has 0 saturated heterocycles. The predicted octanol–water partition coefficient (Wildman–Crippen LogP) is 19.1. The van der Waals surface area contributed by atoms with E-state index in [2.05, 4.69) is 290 Å². The third-order valence-electron chi connectivity index (χ3n) is 16.0. The van der Waals surface area contributed by atoms with E-state index in [1.807, 2.05) is 12.4 Å². The Morgan fingerprint density at radius 1 is 0.289 bits per heavy atom. The van der Waals surface area contributed by atoms with Crippen molar-refractivity contribution in [2.45, 2.75) is 38.5 Å². The summed E-state index contributed by atoms with van der Waals surface area (Å²) >= 11 is 0. The zero-order valence-corrected chi connectivity index (χ0v) is 42.9. The maximum atomic E-state index is 5.15. The van der Waals surface area contributed by atoms with Crippen LogP contribution in [0.15, 0.2) is 255 Å². The maximum Gasteiger partial charge on any atom is 0.0972 e. The standard InChI is InChI=1S/C70H54N6/c1-69(2)59-29-17-19-31-63(59)75(65-39-35-53(45-61(65)69)73(47-21-9-5-10-22-47)48-23-11-6-12-24-48)51-33-37-55-56-38-34-52(44-58(56)68-67(57(55)43-51)71-41-42-72-68)76-64-32-20-18-30-60(64)70(3,4)62-46-54(36-40-66(62)76)74(49-25-13-7-14-26-49)50-27-15-8-16-28-50/h5-46H,1-4H3. The van der Waals surface area contributed by atoms with Crippen molar-refractivity contribution in [2.24, 2.45) is 0 Å². The van der Waals surface area contributed by atoms with Crippen LogP contribution in [0, 0.1) is 0 Å². The fourth-order valence-electron chi connectivity index (χ4n) is 12.4. The molecule has 0 aliphatic carbocycles. The number of hydrogen-bond donors (Lipinski definition) is 0. The summed E-state index contributed by atoms with van der Waals surface area (Å²) in [6.45, 7) is 9.43. The van der Waals surface area contributed by atoms with Crippen LogP contribution in [0.1, 0.15) is 49.9 Å². The van der Waals surface area contributed by atoms with Crippen molar-refractivity contribution in [1.82, 2.24) is 9.97 Å². The van der Waals surface area contributed by atoms with Crippen molar-refractivity contribution in [3.05, 3.63) is 277 Å². The second-order valence-corrected chi connectivity index (χ2v) is 21.1. The fraction of sp³-hybridized carbons (Fsp3) is 0.0857. The van der Waals surface area contributed by atoms with E-state index in [9.17, 15) is 0 Å². The van der Waals surface area contributed by atoms with Gasteiger partial charge < -0.3 is 19.6 Å². The van der Waals surface area contributed by atoms with Gasteiger partial charge in [-0.15, -0.1) is 0 Å². The number of benzene rings is 11. The Hall–Kier alpha value is -9.52. The summed E-state index contributed by atoms with van der Waals surface area (Å²) in [5, 5.41) is 4.39. The number of nitrogens with zero attached hydrogens (tertiary/aromatic N) is 6. The number of aromatic nitrogens is 2. The van der Waals surface area contributed by atoms with Crippen LogP contribution >= 0.6 is 0 Å². The van der Waals surface area contributed by atoms with Crippen LogP contribution in [0.25, 0.3) is 32.6 Å². The molecule has 12 aromatic rings. The van der Waals surface area contributed by atoms with E-state index < -0.39 is 0 Å². The third kappa shape index (κ3) is 7.09. The van der Waals surface area contributed by atoms with Gasteiger partial charge in [0.2, 0.25) is 0 Å².